The minimum atomic E-state index is -0.475. The number of carbonyl (C=O) groups excluding carboxylic acids is 1. The Morgan fingerprint density at radius 3 is 2.58 bits per heavy atom. The maximum absolute atomic E-state index is 12.1. The number of hydrogen-bond acceptors (Lipinski definition) is 2. The molecule has 0 bridgehead atoms. The molecule has 2 nitrogen and oxygen atoms in total. The summed E-state index contributed by atoms with van der Waals surface area (Å²) in [5.41, 5.74) is 5.46. The molecule has 2 rings (SSSR count). The van der Waals surface area contributed by atoms with Crippen molar-refractivity contribution in [2.24, 2.45) is 0 Å². The molecule has 2 aromatic rings. The van der Waals surface area contributed by atoms with Crippen LogP contribution in [0, 0.1) is 20.8 Å². The Morgan fingerprint density at radius 1 is 1.37 bits per heavy atom. The Bertz CT molecular complexity index is 610. The lowest BCUT2D eigenvalue weighted by Gasteiger charge is -2.10. The van der Waals surface area contributed by atoms with E-state index in [1.807, 2.05) is 19.9 Å². The Hall–Kier alpha value is -1.06. The van der Waals surface area contributed by atoms with Gasteiger partial charge in [0.2, 0.25) is 0 Å². The third kappa shape index (κ3) is 2.77. The first-order chi connectivity index (χ1) is 8.91. The van der Waals surface area contributed by atoms with Crippen LogP contribution in [0.5, 0.6) is 0 Å². The fourth-order valence-corrected chi connectivity index (χ4v) is 3.19. The van der Waals surface area contributed by atoms with Crippen LogP contribution in [0.1, 0.15) is 39.8 Å². The molecule has 102 valence electrons. The summed E-state index contributed by atoms with van der Waals surface area (Å²) in [7, 11) is 0. The summed E-state index contributed by atoms with van der Waals surface area (Å²) >= 11 is 7.62. The SMILES string of the molecule is Cc1cscc1Cn1c(C)cc(C(=O)C(C)Cl)c1C. The van der Waals surface area contributed by atoms with Gasteiger partial charge in [-0.2, -0.15) is 11.3 Å². The van der Waals surface area contributed by atoms with Crippen molar-refractivity contribution in [1.29, 1.82) is 0 Å². The van der Waals surface area contributed by atoms with Gasteiger partial charge in [-0.1, -0.05) is 0 Å². The molecule has 0 aliphatic heterocycles. The molecule has 2 heterocycles. The second-order valence-corrected chi connectivity index (χ2v) is 6.33. The average Bonchev–Trinajstić information content (AvgIpc) is 2.87. The van der Waals surface area contributed by atoms with Crippen molar-refractivity contribution in [3.05, 3.63) is 44.9 Å². The first-order valence-electron chi connectivity index (χ1n) is 6.28. The third-order valence-electron chi connectivity index (χ3n) is 3.49. The molecule has 0 saturated heterocycles. The first kappa shape index (κ1) is 14.4. The lowest BCUT2D eigenvalue weighted by atomic mass is 10.1. The van der Waals surface area contributed by atoms with Gasteiger partial charge >= 0.3 is 0 Å². The predicted molar refractivity (Wildman–Crippen MR) is 81.7 cm³/mol. The lowest BCUT2D eigenvalue weighted by Crippen LogP contribution is -2.12. The van der Waals surface area contributed by atoms with E-state index in [0.717, 1.165) is 23.5 Å². The van der Waals surface area contributed by atoms with Crippen LogP contribution in [0.25, 0.3) is 0 Å². The van der Waals surface area contributed by atoms with Gasteiger partial charge in [0.25, 0.3) is 0 Å². The van der Waals surface area contributed by atoms with E-state index in [0.29, 0.717) is 0 Å². The van der Waals surface area contributed by atoms with Crippen molar-refractivity contribution in [2.45, 2.75) is 39.6 Å². The van der Waals surface area contributed by atoms with Crippen LogP contribution in [0.4, 0.5) is 0 Å². The number of halogens is 1. The Balaban J connectivity index is 2.37. The number of aromatic nitrogens is 1. The van der Waals surface area contributed by atoms with Crippen molar-refractivity contribution in [1.82, 2.24) is 4.57 Å². The number of hydrogen-bond donors (Lipinski definition) is 0. The predicted octanol–water partition coefficient (Wildman–Crippen LogP) is 4.33. The standard InChI is InChI=1S/C15H18ClNOS/c1-9-7-19-8-13(9)6-17-10(2)5-14(12(17)4)15(18)11(3)16/h5,7-8,11H,6H2,1-4H3. The number of Topliss-reactive ketones (excluding diaryl/α,β-unsaturated/α-hetero) is 1. The van der Waals surface area contributed by atoms with E-state index in [-0.39, 0.29) is 5.78 Å². The largest absolute Gasteiger partial charge is 0.344 e. The van der Waals surface area contributed by atoms with Crippen molar-refractivity contribution in [3.63, 3.8) is 0 Å². The number of ketones is 1. The molecule has 19 heavy (non-hydrogen) atoms. The molecule has 4 heteroatoms. The van der Waals surface area contributed by atoms with Crippen LogP contribution in [0.3, 0.4) is 0 Å². The lowest BCUT2D eigenvalue weighted by molar-refractivity contribution is 0.0991. The van der Waals surface area contributed by atoms with Crippen LogP contribution >= 0.6 is 22.9 Å². The molecule has 0 aliphatic carbocycles. The number of carbonyl (C=O) groups is 1. The second-order valence-electron chi connectivity index (χ2n) is 4.93. The van der Waals surface area contributed by atoms with E-state index >= 15 is 0 Å². The number of rotatable bonds is 4. The summed E-state index contributed by atoms with van der Waals surface area (Å²) in [6, 6.07) is 1.94. The summed E-state index contributed by atoms with van der Waals surface area (Å²) in [5.74, 6) is 0.00283. The summed E-state index contributed by atoms with van der Waals surface area (Å²) in [6.07, 6.45) is 0. The average molecular weight is 296 g/mol. The molecule has 0 amide bonds. The van der Waals surface area contributed by atoms with Gasteiger partial charge in [0.15, 0.2) is 5.78 Å². The van der Waals surface area contributed by atoms with Crippen molar-refractivity contribution >= 4 is 28.7 Å². The van der Waals surface area contributed by atoms with E-state index < -0.39 is 5.38 Å². The van der Waals surface area contributed by atoms with Crippen molar-refractivity contribution < 1.29 is 4.79 Å². The highest BCUT2D eigenvalue weighted by atomic mass is 35.5. The molecule has 1 atom stereocenters. The second kappa shape index (κ2) is 5.51. The Kier molecular flexibility index (Phi) is 4.16. The third-order valence-corrected chi connectivity index (χ3v) is 4.60. The molecule has 1 unspecified atom stereocenters. The highest BCUT2D eigenvalue weighted by Gasteiger charge is 2.19. The van der Waals surface area contributed by atoms with E-state index in [9.17, 15) is 4.79 Å². The number of alkyl halides is 1. The van der Waals surface area contributed by atoms with E-state index in [4.69, 9.17) is 11.6 Å². The Labute approximate surface area is 123 Å². The molecule has 0 spiro atoms. The number of nitrogens with zero attached hydrogens (tertiary/aromatic N) is 1. The van der Waals surface area contributed by atoms with E-state index in [1.165, 1.54) is 11.1 Å². The van der Waals surface area contributed by atoms with Gasteiger partial charge < -0.3 is 4.57 Å². The zero-order valence-electron chi connectivity index (χ0n) is 11.7. The fraction of sp³-hybridized carbons (Fsp3) is 0.400. The zero-order chi connectivity index (χ0) is 14.2. The zero-order valence-corrected chi connectivity index (χ0v) is 13.2. The highest BCUT2D eigenvalue weighted by Crippen LogP contribution is 2.22. The highest BCUT2D eigenvalue weighted by molar-refractivity contribution is 7.08. The van der Waals surface area contributed by atoms with Gasteiger partial charge in [-0.15, -0.1) is 11.6 Å². The summed E-state index contributed by atoms with van der Waals surface area (Å²) in [5, 5.41) is 3.84. The molecule has 0 fully saturated rings. The molecule has 0 N–H and O–H groups in total. The maximum Gasteiger partial charge on any atom is 0.182 e. The summed E-state index contributed by atoms with van der Waals surface area (Å²) in [6.45, 7) is 8.68. The van der Waals surface area contributed by atoms with Crippen LogP contribution < -0.4 is 0 Å². The van der Waals surface area contributed by atoms with Crippen molar-refractivity contribution in [2.75, 3.05) is 0 Å². The van der Waals surface area contributed by atoms with Gasteiger partial charge in [-0.3, -0.25) is 4.79 Å². The maximum atomic E-state index is 12.1. The molecule has 0 aromatic carbocycles. The first-order valence-corrected chi connectivity index (χ1v) is 7.66. The van der Waals surface area contributed by atoms with E-state index in [1.54, 1.807) is 18.3 Å². The van der Waals surface area contributed by atoms with Crippen LogP contribution in [-0.4, -0.2) is 15.7 Å². The van der Waals surface area contributed by atoms with Crippen LogP contribution in [-0.2, 0) is 6.54 Å². The smallest absolute Gasteiger partial charge is 0.182 e. The van der Waals surface area contributed by atoms with Gasteiger partial charge in [-0.25, -0.2) is 0 Å². The summed E-state index contributed by atoms with van der Waals surface area (Å²) < 4.78 is 2.18. The minimum Gasteiger partial charge on any atom is -0.344 e. The van der Waals surface area contributed by atoms with Gasteiger partial charge in [-0.05, 0) is 55.6 Å². The molecule has 2 aromatic heterocycles. The van der Waals surface area contributed by atoms with Crippen LogP contribution in [0.2, 0.25) is 0 Å². The molecular weight excluding hydrogens is 278 g/mol. The fourth-order valence-electron chi connectivity index (χ4n) is 2.23. The minimum absolute atomic E-state index is 0.00283. The summed E-state index contributed by atoms with van der Waals surface area (Å²) in [4.78, 5) is 12.1. The van der Waals surface area contributed by atoms with Gasteiger partial charge in [0.05, 0.1) is 5.38 Å². The topological polar surface area (TPSA) is 22.0 Å². The molecular formula is C15H18ClNOS. The van der Waals surface area contributed by atoms with Gasteiger partial charge in [0.1, 0.15) is 0 Å². The van der Waals surface area contributed by atoms with Crippen molar-refractivity contribution in [3.8, 4) is 0 Å². The monoisotopic (exact) mass is 295 g/mol. The quantitative estimate of drug-likeness (QED) is 0.608. The number of aryl methyl sites for hydroxylation is 2. The van der Waals surface area contributed by atoms with Gasteiger partial charge in [0, 0.05) is 23.5 Å². The molecule has 0 saturated carbocycles. The molecule has 0 radical (unpaired) electrons. The van der Waals surface area contributed by atoms with Crippen LogP contribution in [0.15, 0.2) is 16.8 Å². The van der Waals surface area contributed by atoms with E-state index in [2.05, 4.69) is 22.3 Å². The normalized spacial score (nSPS) is 12.7. The Morgan fingerprint density at radius 2 is 2.05 bits per heavy atom. The number of thiophene rings is 1. The molecule has 0 aliphatic rings.